The molecule has 0 atom stereocenters. The van der Waals surface area contributed by atoms with Crippen molar-refractivity contribution in [1.82, 2.24) is 4.98 Å². The SMILES string of the molecule is Cc1ccc(/C=N\N(C(=O)C2=COCCO2)c2nc3ccccc3s2)cc1. The molecule has 0 fully saturated rings. The van der Waals surface area contributed by atoms with E-state index in [1.165, 1.54) is 22.6 Å². The minimum Gasteiger partial charge on any atom is -0.494 e. The number of hydrogen-bond acceptors (Lipinski definition) is 6. The second-order valence-electron chi connectivity index (χ2n) is 5.94. The number of ether oxygens (including phenoxy) is 2. The molecule has 6 nitrogen and oxygen atoms in total. The Hall–Kier alpha value is -3.19. The van der Waals surface area contributed by atoms with Crippen LogP contribution in [0.15, 0.2) is 65.7 Å². The molecule has 0 unspecified atom stereocenters. The summed E-state index contributed by atoms with van der Waals surface area (Å²) in [4.78, 5) is 17.5. The number of aryl methyl sites for hydroxylation is 1. The van der Waals surface area contributed by atoms with Crippen LogP contribution in [-0.2, 0) is 14.3 Å². The van der Waals surface area contributed by atoms with Crippen molar-refractivity contribution in [3.63, 3.8) is 0 Å². The Labute approximate surface area is 160 Å². The van der Waals surface area contributed by atoms with Crippen molar-refractivity contribution in [1.29, 1.82) is 0 Å². The van der Waals surface area contributed by atoms with E-state index in [0.717, 1.165) is 21.3 Å². The van der Waals surface area contributed by atoms with Gasteiger partial charge in [0.05, 0.1) is 16.4 Å². The maximum atomic E-state index is 13.0. The van der Waals surface area contributed by atoms with Crippen LogP contribution in [0.3, 0.4) is 0 Å². The number of hydrazone groups is 1. The molecule has 0 saturated carbocycles. The van der Waals surface area contributed by atoms with E-state index in [1.807, 2.05) is 55.5 Å². The van der Waals surface area contributed by atoms with Gasteiger partial charge in [0.25, 0.3) is 0 Å². The van der Waals surface area contributed by atoms with Crippen LogP contribution in [0.2, 0.25) is 0 Å². The number of rotatable bonds is 4. The van der Waals surface area contributed by atoms with Crippen molar-refractivity contribution >= 4 is 38.8 Å². The number of carbonyl (C=O) groups excluding carboxylic acids is 1. The number of fused-ring (bicyclic) bond motifs is 1. The molecular formula is C20H17N3O3S. The number of anilines is 1. The highest BCUT2D eigenvalue weighted by Crippen LogP contribution is 2.30. The highest BCUT2D eigenvalue weighted by Gasteiger charge is 2.26. The van der Waals surface area contributed by atoms with Gasteiger partial charge in [0.15, 0.2) is 0 Å². The van der Waals surface area contributed by atoms with Crippen molar-refractivity contribution in [3.8, 4) is 0 Å². The molecule has 0 aliphatic carbocycles. The van der Waals surface area contributed by atoms with Crippen LogP contribution in [-0.4, -0.2) is 30.3 Å². The van der Waals surface area contributed by atoms with Gasteiger partial charge in [-0.1, -0.05) is 53.3 Å². The molecule has 0 saturated heterocycles. The number of aromatic nitrogens is 1. The Morgan fingerprint density at radius 3 is 2.74 bits per heavy atom. The first-order valence-corrected chi connectivity index (χ1v) is 9.27. The Bertz CT molecular complexity index is 991. The third-order valence-corrected chi connectivity index (χ3v) is 4.93. The molecule has 0 N–H and O–H groups in total. The summed E-state index contributed by atoms with van der Waals surface area (Å²) in [5.74, 6) is -0.307. The summed E-state index contributed by atoms with van der Waals surface area (Å²) >= 11 is 1.39. The molecule has 1 amide bonds. The van der Waals surface area contributed by atoms with Gasteiger partial charge in [0.2, 0.25) is 10.9 Å². The number of benzene rings is 2. The zero-order valence-corrected chi connectivity index (χ0v) is 15.5. The molecular weight excluding hydrogens is 362 g/mol. The zero-order chi connectivity index (χ0) is 18.6. The van der Waals surface area contributed by atoms with Crippen molar-refractivity contribution in [2.24, 2.45) is 5.10 Å². The third-order valence-electron chi connectivity index (χ3n) is 3.92. The molecule has 1 aliphatic rings. The van der Waals surface area contributed by atoms with Gasteiger partial charge in [-0.2, -0.15) is 10.1 Å². The largest absolute Gasteiger partial charge is 0.494 e. The molecule has 2 heterocycles. The molecule has 2 aromatic carbocycles. The Kier molecular flexibility index (Phi) is 4.84. The fraction of sp³-hybridized carbons (Fsp3) is 0.150. The summed E-state index contributed by atoms with van der Waals surface area (Å²) in [5, 5.41) is 6.12. The lowest BCUT2D eigenvalue weighted by Gasteiger charge is -2.19. The van der Waals surface area contributed by atoms with E-state index < -0.39 is 5.91 Å². The number of para-hydroxylation sites is 1. The summed E-state index contributed by atoms with van der Waals surface area (Å²) in [7, 11) is 0. The molecule has 27 heavy (non-hydrogen) atoms. The predicted octanol–water partition coefficient (Wildman–Crippen LogP) is 3.86. The van der Waals surface area contributed by atoms with Crippen LogP contribution in [0, 0.1) is 6.92 Å². The minimum atomic E-state index is -0.419. The summed E-state index contributed by atoms with van der Waals surface area (Å²) in [6, 6.07) is 15.6. The van der Waals surface area contributed by atoms with Crippen LogP contribution >= 0.6 is 11.3 Å². The highest BCUT2D eigenvalue weighted by molar-refractivity contribution is 7.22. The van der Waals surface area contributed by atoms with E-state index in [9.17, 15) is 4.79 Å². The van der Waals surface area contributed by atoms with Gasteiger partial charge in [-0.25, -0.2) is 4.98 Å². The van der Waals surface area contributed by atoms with Crippen LogP contribution < -0.4 is 5.01 Å². The quantitative estimate of drug-likeness (QED) is 0.510. The standard InChI is InChI=1S/C20H17N3O3S/c1-14-6-8-15(9-7-14)12-21-23(19(24)17-13-25-10-11-26-17)20-22-16-4-2-3-5-18(16)27-20/h2-9,12-13H,10-11H2,1H3/b21-12-. The molecule has 1 aliphatic heterocycles. The van der Waals surface area contributed by atoms with Gasteiger partial charge in [0, 0.05) is 0 Å². The summed E-state index contributed by atoms with van der Waals surface area (Å²) in [6.45, 7) is 2.77. The lowest BCUT2D eigenvalue weighted by atomic mass is 10.2. The van der Waals surface area contributed by atoms with Crippen molar-refractivity contribution in [2.75, 3.05) is 18.2 Å². The Morgan fingerprint density at radius 1 is 1.19 bits per heavy atom. The number of thiazole rings is 1. The predicted molar refractivity (Wildman–Crippen MR) is 106 cm³/mol. The molecule has 0 bridgehead atoms. The summed E-state index contributed by atoms with van der Waals surface area (Å²) in [5.41, 5.74) is 2.86. The minimum absolute atomic E-state index is 0.113. The molecule has 1 aromatic heterocycles. The van der Waals surface area contributed by atoms with Crippen LogP contribution in [0.25, 0.3) is 10.2 Å². The topological polar surface area (TPSA) is 64.0 Å². The molecule has 136 valence electrons. The smallest absolute Gasteiger partial charge is 0.319 e. The van der Waals surface area contributed by atoms with Gasteiger partial charge < -0.3 is 9.47 Å². The first-order valence-electron chi connectivity index (χ1n) is 8.46. The van der Waals surface area contributed by atoms with E-state index in [0.29, 0.717) is 18.3 Å². The van der Waals surface area contributed by atoms with E-state index in [-0.39, 0.29) is 5.76 Å². The number of amides is 1. The van der Waals surface area contributed by atoms with E-state index in [4.69, 9.17) is 9.47 Å². The Morgan fingerprint density at radius 2 is 2.00 bits per heavy atom. The fourth-order valence-corrected chi connectivity index (χ4v) is 3.42. The normalized spacial score (nSPS) is 13.9. The number of carbonyl (C=O) groups is 1. The fourth-order valence-electron chi connectivity index (χ4n) is 2.50. The first kappa shape index (κ1) is 17.2. The van der Waals surface area contributed by atoms with E-state index in [2.05, 4.69) is 10.1 Å². The molecule has 0 radical (unpaired) electrons. The van der Waals surface area contributed by atoms with E-state index >= 15 is 0 Å². The molecule has 0 spiro atoms. The summed E-state index contributed by atoms with van der Waals surface area (Å²) in [6.07, 6.45) is 2.96. The monoisotopic (exact) mass is 379 g/mol. The maximum absolute atomic E-state index is 13.0. The van der Waals surface area contributed by atoms with Crippen LogP contribution in [0.5, 0.6) is 0 Å². The molecule has 7 heteroatoms. The van der Waals surface area contributed by atoms with Crippen LogP contribution in [0.1, 0.15) is 11.1 Å². The number of hydrogen-bond donors (Lipinski definition) is 0. The zero-order valence-electron chi connectivity index (χ0n) is 14.7. The summed E-state index contributed by atoms with van der Waals surface area (Å²) < 4.78 is 11.6. The van der Waals surface area contributed by atoms with Crippen LogP contribution in [0.4, 0.5) is 5.13 Å². The molecule has 3 aromatic rings. The molecule has 4 rings (SSSR count). The van der Waals surface area contributed by atoms with Gasteiger partial charge >= 0.3 is 5.91 Å². The maximum Gasteiger partial charge on any atom is 0.319 e. The third kappa shape index (κ3) is 3.83. The Balaban J connectivity index is 1.70. The van der Waals surface area contributed by atoms with Gasteiger partial charge in [0.1, 0.15) is 19.5 Å². The van der Waals surface area contributed by atoms with Crippen molar-refractivity contribution in [3.05, 3.63) is 71.7 Å². The lowest BCUT2D eigenvalue weighted by Crippen LogP contribution is -2.30. The van der Waals surface area contributed by atoms with Crippen molar-refractivity contribution in [2.45, 2.75) is 6.92 Å². The van der Waals surface area contributed by atoms with Gasteiger partial charge in [-0.05, 0) is 24.6 Å². The second kappa shape index (κ2) is 7.59. The average Bonchev–Trinajstić information content (AvgIpc) is 3.14. The lowest BCUT2D eigenvalue weighted by molar-refractivity contribution is -0.119. The van der Waals surface area contributed by atoms with Crippen molar-refractivity contribution < 1.29 is 14.3 Å². The van der Waals surface area contributed by atoms with Gasteiger partial charge in [-0.3, -0.25) is 4.79 Å². The first-order chi connectivity index (χ1) is 13.2. The average molecular weight is 379 g/mol. The highest BCUT2D eigenvalue weighted by atomic mass is 32.1. The van der Waals surface area contributed by atoms with E-state index in [1.54, 1.807) is 6.21 Å². The number of nitrogens with zero attached hydrogens (tertiary/aromatic N) is 3. The second-order valence-corrected chi connectivity index (χ2v) is 6.95. The van der Waals surface area contributed by atoms with Gasteiger partial charge in [-0.15, -0.1) is 0 Å².